The molecule has 348 valence electrons. The summed E-state index contributed by atoms with van der Waals surface area (Å²) in [5.41, 5.74) is -0.831. The number of aldehydes is 1. The molecule has 3 aliphatic heterocycles. The molecular weight excluding hydrogens is 794 g/mol. The average Bonchev–Trinajstić information content (AvgIpc) is 3.15. The maximum atomic E-state index is 13.6. The lowest BCUT2D eigenvalue weighted by atomic mass is 9.79. The molecule has 2 saturated heterocycles. The maximum absolute atomic E-state index is 13.6. The molecule has 3 N–H and O–H groups in total. The highest BCUT2D eigenvalue weighted by atomic mass is 16.7. The van der Waals surface area contributed by atoms with Crippen molar-refractivity contribution in [3.63, 3.8) is 0 Å². The number of hydrogen-bond acceptors (Lipinski definition) is 16. The average molecular weight is 868 g/mol. The van der Waals surface area contributed by atoms with E-state index in [9.17, 15) is 39.3 Å². The summed E-state index contributed by atoms with van der Waals surface area (Å²) < 4.78 is 43.0. The molecule has 3 heterocycles. The van der Waals surface area contributed by atoms with E-state index in [1.165, 1.54) is 13.0 Å². The number of hydrogen-bond donors (Lipinski definition) is 3. The Morgan fingerprint density at radius 2 is 1.70 bits per heavy atom. The van der Waals surface area contributed by atoms with Crippen LogP contribution in [0.5, 0.6) is 0 Å². The summed E-state index contributed by atoms with van der Waals surface area (Å²) >= 11 is 0. The zero-order valence-electron chi connectivity index (χ0n) is 38.2. The SMILES string of the molecule is CCC1OC(=O)CC(OC(C)=O)C(C)C(OC2OC(C)C(OC3CC(C)(O)C(OC(=O)CC(C)C)C(C)O3)C(N(C)C)C2O)C(CC=O)CC(C)C(=O)/C=C\C(C)=C/C1CO. The summed E-state index contributed by atoms with van der Waals surface area (Å²) in [5.74, 6) is -4.62. The zero-order chi connectivity index (χ0) is 45.9. The molecule has 0 aromatic heterocycles. The maximum Gasteiger partial charge on any atom is 0.309 e. The van der Waals surface area contributed by atoms with Crippen LogP contribution >= 0.6 is 0 Å². The van der Waals surface area contributed by atoms with Crippen molar-refractivity contribution >= 4 is 30.0 Å². The van der Waals surface area contributed by atoms with E-state index in [2.05, 4.69) is 0 Å². The van der Waals surface area contributed by atoms with Gasteiger partial charge in [-0.25, -0.2) is 0 Å². The van der Waals surface area contributed by atoms with Crippen LogP contribution in [0.2, 0.25) is 0 Å². The third kappa shape index (κ3) is 14.7. The zero-order valence-corrected chi connectivity index (χ0v) is 38.2. The van der Waals surface area contributed by atoms with Gasteiger partial charge in [-0.1, -0.05) is 52.3 Å². The minimum atomic E-state index is -1.51. The predicted octanol–water partition coefficient (Wildman–Crippen LogP) is 3.84. The fraction of sp³-hybridized carbons (Fsp3) is 0.800. The monoisotopic (exact) mass is 867 g/mol. The molecule has 0 spiro atoms. The van der Waals surface area contributed by atoms with Crippen molar-refractivity contribution in [2.45, 2.75) is 181 Å². The van der Waals surface area contributed by atoms with Gasteiger partial charge in [0.2, 0.25) is 0 Å². The third-order valence-corrected chi connectivity index (χ3v) is 11.9. The smallest absolute Gasteiger partial charge is 0.309 e. The van der Waals surface area contributed by atoms with Gasteiger partial charge in [-0.3, -0.25) is 19.2 Å². The number of nitrogens with zero attached hydrogens (tertiary/aromatic N) is 1. The van der Waals surface area contributed by atoms with Crippen LogP contribution in [0.3, 0.4) is 0 Å². The molecular formula is C45H73NO15. The number of aliphatic hydroxyl groups excluding tert-OH is 2. The van der Waals surface area contributed by atoms with Crippen LogP contribution in [-0.2, 0) is 57.1 Å². The molecule has 16 atom stereocenters. The van der Waals surface area contributed by atoms with E-state index < -0.39 is 115 Å². The van der Waals surface area contributed by atoms with Gasteiger partial charge in [0, 0.05) is 43.9 Å². The lowest BCUT2D eigenvalue weighted by molar-refractivity contribution is -0.342. The van der Waals surface area contributed by atoms with Gasteiger partial charge in [0.1, 0.15) is 36.3 Å². The second-order valence-corrected chi connectivity index (χ2v) is 18.1. The Bertz CT molecular complexity index is 1530. The number of cyclic esters (lactones) is 1. The highest BCUT2D eigenvalue weighted by Gasteiger charge is 2.52. The molecule has 0 bridgehead atoms. The second-order valence-electron chi connectivity index (χ2n) is 18.1. The van der Waals surface area contributed by atoms with Crippen LogP contribution < -0.4 is 0 Å². The number of ether oxygens (including phenoxy) is 7. The van der Waals surface area contributed by atoms with E-state index in [0.717, 1.165) is 0 Å². The molecule has 0 aliphatic carbocycles. The van der Waals surface area contributed by atoms with Gasteiger partial charge in [-0.15, -0.1) is 0 Å². The van der Waals surface area contributed by atoms with Crippen LogP contribution in [0, 0.1) is 29.6 Å². The van der Waals surface area contributed by atoms with E-state index in [0.29, 0.717) is 18.3 Å². The van der Waals surface area contributed by atoms with Crippen LogP contribution in [0.25, 0.3) is 0 Å². The first-order valence-corrected chi connectivity index (χ1v) is 21.7. The van der Waals surface area contributed by atoms with Gasteiger partial charge in [0.15, 0.2) is 24.5 Å². The molecule has 0 aromatic rings. The Hall–Kier alpha value is -3.09. The van der Waals surface area contributed by atoms with Crippen LogP contribution in [-0.4, -0.2) is 144 Å². The predicted molar refractivity (Wildman–Crippen MR) is 222 cm³/mol. The first-order valence-electron chi connectivity index (χ1n) is 21.7. The van der Waals surface area contributed by atoms with Gasteiger partial charge < -0.3 is 58.2 Å². The molecule has 0 aromatic carbocycles. The summed E-state index contributed by atoms with van der Waals surface area (Å²) in [6.45, 7) is 16.7. The Labute approximate surface area is 361 Å². The Morgan fingerprint density at radius 1 is 1.03 bits per heavy atom. The topological polar surface area (TPSA) is 214 Å². The van der Waals surface area contributed by atoms with Gasteiger partial charge in [-0.05, 0) is 72.5 Å². The number of carbonyl (C=O) groups excluding carboxylic acids is 5. The number of rotatable bonds is 13. The molecule has 3 rings (SSSR count). The van der Waals surface area contributed by atoms with Gasteiger partial charge >= 0.3 is 17.9 Å². The molecule has 61 heavy (non-hydrogen) atoms. The molecule has 16 heteroatoms. The Balaban J connectivity index is 1.99. The number of ketones is 1. The summed E-state index contributed by atoms with van der Waals surface area (Å²) in [6, 6.07) is -0.781. The third-order valence-electron chi connectivity index (χ3n) is 11.9. The minimum Gasteiger partial charge on any atom is -0.462 e. The van der Waals surface area contributed by atoms with Gasteiger partial charge in [0.25, 0.3) is 0 Å². The van der Waals surface area contributed by atoms with Gasteiger partial charge in [-0.2, -0.15) is 0 Å². The lowest BCUT2D eigenvalue weighted by Gasteiger charge is -2.50. The van der Waals surface area contributed by atoms with Crippen molar-refractivity contribution in [2.75, 3.05) is 20.7 Å². The lowest BCUT2D eigenvalue weighted by Crippen LogP contribution is -2.65. The van der Waals surface area contributed by atoms with Crippen molar-refractivity contribution in [1.82, 2.24) is 4.90 Å². The summed E-state index contributed by atoms with van der Waals surface area (Å²) in [6.07, 6.45) is -4.13. The van der Waals surface area contributed by atoms with Crippen LogP contribution in [0.1, 0.15) is 108 Å². The number of allylic oxidation sites excluding steroid dienone is 3. The summed E-state index contributed by atoms with van der Waals surface area (Å²) in [5, 5.41) is 33.8. The minimum absolute atomic E-state index is 0.0507. The van der Waals surface area contributed by atoms with Crippen molar-refractivity contribution in [1.29, 1.82) is 0 Å². The molecule has 16 nitrogen and oxygen atoms in total. The number of aliphatic hydroxyl groups is 3. The molecule has 0 saturated carbocycles. The number of carbonyl (C=O) groups is 5. The molecule has 3 aliphatic rings. The van der Waals surface area contributed by atoms with Crippen molar-refractivity contribution in [3.05, 3.63) is 23.8 Å². The first-order chi connectivity index (χ1) is 28.5. The molecule has 0 radical (unpaired) electrons. The highest BCUT2D eigenvalue weighted by molar-refractivity contribution is 5.91. The largest absolute Gasteiger partial charge is 0.462 e. The fourth-order valence-electron chi connectivity index (χ4n) is 8.77. The number of likely N-dealkylation sites (N-methyl/N-ethyl adjacent to an activating group) is 1. The summed E-state index contributed by atoms with van der Waals surface area (Å²) in [7, 11) is 3.50. The normalized spacial score (nSPS) is 39.8. The summed E-state index contributed by atoms with van der Waals surface area (Å²) in [4.78, 5) is 66.3. The van der Waals surface area contributed by atoms with E-state index in [1.807, 2.05) is 20.8 Å². The fourth-order valence-corrected chi connectivity index (χ4v) is 8.77. The first kappa shape index (κ1) is 52.3. The van der Waals surface area contributed by atoms with E-state index in [4.69, 9.17) is 33.2 Å². The van der Waals surface area contributed by atoms with E-state index in [1.54, 1.807) is 72.7 Å². The second kappa shape index (κ2) is 23.6. The van der Waals surface area contributed by atoms with Crippen LogP contribution in [0.4, 0.5) is 0 Å². The molecule has 0 amide bonds. The van der Waals surface area contributed by atoms with Crippen molar-refractivity contribution < 1.29 is 72.5 Å². The molecule has 16 unspecified atom stereocenters. The van der Waals surface area contributed by atoms with Crippen LogP contribution in [0.15, 0.2) is 23.8 Å². The number of esters is 3. The highest BCUT2D eigenvalue weighted by Crippen LogP contribution is 2.38. The van der Waals surface area contributed by atoms with E-state index in [-0.39, 0.29) is 50.4 Å². The van der Waals surface area contributed by atoms with Crippen molar-refractivity contribution in [3.8, 4) is 0 Å². The Kier molecular flexibility index (Phi) is 20.2. The van der Waals surface area contributed by atoms with E-state index >= 15 is 0 Å². The standard InChI is InChI=1S/C45H73NO15/c1-13-34-32(23-48)19-25(4)14-15-33(50)26(5)20-31(16-17-47)41(27(6)35(57-30(9)49)21-37(52)58-34)61-44-40(53)39(46(11)12)42(28(7)56-44)60-38-22-45(10,54)43(29(8)55-38)59-36(51)18-24(2)3/h14-15,17,19,24,26-29,31-32,34-35,38-44,48,53-54H,13,16,18,20-23H2,1-12H3/b15-14-,25-19-. The Morgan fingerprint density at radius 3 is 2.26 bits per heavy atom. The quantitative estimate of drug-likeness (QED) is 0.136. The van der Waals surface area contributed by atoms with Gasteiger partial charge in [0.05, 0.1) is 37.4 Å². The molecule has 2 fully saturated rings. The van der Waals surface area contributed by atoms with Crippen molar-refractivity contribution in [2.24, 2.45) is 29.6 Å².